The number of thiol groups is 1. The molecule has 0 amide bonds. The number of aliphatic carboxylic acids is 1. The standard InChI is InChI=1S/C37H24Br2O3S2/c38-26-19-23(20-27(39)35(26)42-28(37(40)41)18-21-10-3-1-4-11-21)31-24-14-7-8-15-25(24)32(22-12-5-2-6-13-22)36-34(31)33-29(43)16-9-17-30(33)44-36/h1-17,19-20,28,43H,18H2,(H,40,41)/t28-/m1/s1. The molecule has 0 fully saturated rings. The van der Waals surface area contributed by atoms with Crippen molar-refractivity contribution >= 4 is 92.7 Å². The first-order chi connectivity index (χ1) is 21.4. The predicted molar refractivity (Wildman–Crippen MR) is 193 cm³/mol. The summed E-state index contributed by atoms with van der Waals surface area (Å²) in [7, 11) is 0. The van der Waals surface area contributed by atoms with Crippen LogP contribution in [0.4, 0.5) is 0 Å². The van der Waals surface area contributed by atoms with Crippen molar-refractivity contribution < 1.29 is 14.6 Å². The molecule has 7 aromatic rings. The number of fused-ring (bicyclic) bond motifs is 4. The molecule has 0 spiro atoms. The summed E-state index contributed by atoms with van der Waals surface area (Å²) in [4.78, 5) is 13.1. The lowest BCUT2D eigenvalue weighted by Crippen LogP contribution is -2.29. The number of benzene rings is 6. The van der Waals surface area contributed by atoms with E-state index in [-0.39, 0.29) is 6.42 Å². The highest BCUT2D eigenvalue weighted by molar-refractivity contribution is 9.11. The summed E-state index contributed by atoms with van der Waals surface area (Å²) in [6.07, 6.45) is -0.810. The van der Waals surface area contributed by atoms with Gasteiger partial charge in [-0.2, -0.15) is 0 Å². The molecule has 0 aliphatic carbocycles. The van der Waals surface area contributed by atoms with Crippen LogP contribution in [0.15, 0.2) is 129 Å². The number of carbonyl (C=O) groups is 1. The lowest BCUT2D eigenvalue weighted by Gasteiger charge is -2.20. The Hall–Kier alpha value is -3.62. The van der Waals surface area contributed by atoms with E-state index in [9.17, 15) is 9.90 Å². The molecule has 1 atom stereocenters. The maximum absolute atomic E-state index is 12.2. The molecule has 7 heteroatoms. The van der Waals surface area contributed by atoms with Gasteiger partial charge in [-0.3, -0.25) is 0 Å². The average molecular weight is 741 g/mol. The van der Waals surface area contributed by atoms with Crippen LogP contribution in [0.5, 0.6) is 5.75 Å². The monoisotopic (exact) mass is 738 g/mol. The number of hydrogen-bond acceptors (Lipinski definition) is 4. The van der Waals surface area contributed by atoms with Crippen LogP contribution in [0.3, 0.4) is 0 Å². The van der Waals surface area contributed by atoms with Gasteiger partial charge in [0.05, 0.1) is 8.95 Å². The van der Waals surface area contributed by atoms with E-state index in [0.717, 1.165) is 48.7 Å². The first kappa shape index (κ1) is 29.1. The van der Waals surface area contributed by atoms with Crippen LogP contribution >= 0.6 is 55.8 Å². The second-order valence-electron chi connectivity index (χ2n) is 10.5. The molecule has 7 rings (SSSR count). The Bertz CT molecular complexity index is 2170. The quantitative estimate of drug-likeness (QED) is 0.160. The van der Waals surface area contributed by atoms with Crippen molar-refractivity contribution in [3.05, 3.63) is 130 Å². The molecule has 216 valence electrons. The van der Waals surface area contributed by atoms with Crippen molar-refractivity contribution in [2.24, 2.45) is 0 Å². The minimum absolute atomic E-state index is 0.245. The molecule has 44 heavy (non-hydrogen) atoms. The van der Waals surface area contributed by atoms with Crippen molar-refractivity contribution in [2.45, 2.75) is 17.4 Å². The third-order valence-electron chi connectivity index (χ3n) is 7.79. The van der Waals surface area contributed by atoms with Crippen LogP contribution in [-0.2, 0) is 11.2 Å². The van der Waals surface area contributed by atoms with Crippen molar-refractivity contribution in [3.63, 3.8) is 0 Å². The number of carboxylic acids is 1. The van der Waals surface area contributed by atoms with E-state index >= 15 is 0 Å². The summed E-state index contributed by atoms with van der Waals surface area (Å²) in [6.45, 7) is 0. The third kappa shape index (κ3) is 5.22. The van der Waals surface area contributed by atoms with Gasteiger partial charge < -0.3 is 9.84 Å². The lowest BCUT2D eigenvalue weighted by molar-refractivity contribution is -0.145. The Labute approximate surface area is 280 Å². The fourth-order valence-corrected chi connectivity index (χ4v) is 8.96. The molecule has 0 bridgehead atoms. The van der Waals surface area contributed by atoms with Gasteiger partial charge in [-0.05, 0) is 89.2 Å². The highest BCUT2D eigenvalue weighted by atomic mass is 79.9. The van der Waals surface area contributed by atoms with E-state index in [4.69, 9.17) is 17.4 Å². The van der Waals surface area contributed by atoms with Gasteiger partial charge in [0, 0.05) is 37.1 Å². The Kier molecular flexibility index (Phi) is 7.97. The van der Waals surface area contributed by atoms with Crippen LogP contribution in [0.2, 0.25) is 0 Å². The molecule has 3 nitrogen and oxygen atoms in total. The molecule has 6 aromatic carbocycles. The molecule has 0 aliphatic heterocycles. The fraction of sp³-hybridized carbons (Fsp3) is 0.0541. The first-order valence-corrected chi connectivity index (χ1v) is 16.8. The van der Waals surface area contributed by atoms with Crippen LogP contribution in [-0.4, -0.2) is 17.2 Å². The van der Waals surface area contributed by atoms with Gasteiger partial charge >= 0.3 is 5.97 Å². The minimum atomic E-state index is -1.05. The van der Waals surface area contributed by atoms with E-state index in [1.54, 1.807) is 11.3 Å². The second kappa shape index (κ2) is 12.1. The van der Waals surface area contributed by atoms with E-state index < -0.39 is 12.1 Å². The lowest BCUT2D eigenvalue weighted by atomic mass is 9.88. The van der Waals surface area contributed by atoms with Crippen molar-refractivity contribution in [2.75, 3.05) is 0 Å². The molecule has 0 radical (unpaired) electrons. The summed E-state index contributed by atoms with van der Waals surface area (Å²) < 4.78 is 9.85. The number of thiophene rings is 1. The summed E-state index contributed by atoms with van der Waals surface area (Å²) in [5, 5.41) is 14.6. The fourth-order valence-electron chi connectivity index (χ4n) is 5.88. The third-order valence-corrected chi connectivity index (χ3v) is 10.5. The Balaban J connectivity index is 1.46. The molecule has 0 saturated carbocycles. The van der Waals surface area contributed by atoms with Crippen molar-refractivity contribution in [3.8, 4) is 28.0 Å². The van der Waals surface area contributed by atoms with Gasteiger partial charge in [-0.25, -0.2) is 4.79 Å². The largest absolute Gasteiger partial charge is 0.478 e. The number of rotatable bonds is 7. The van der Waals surface area contributed by atoms with Crippen LogP contribution in [0, 0.1) is 0 Å². The molecule has 1 heterocycles. The van der Waals surface area contributed by atoms with Crippen LogP contribution < -0.4 is 4.74 Å². The maximum atomic E-state index is 12.2. The number of halogens is 2. The zero-order valence-electron chi connectivity index (χ0n) is 23.1. The predicted octanol–water partition coefficient (Wildman–Crippen LogP) is 11.4. The van der Waals surface area contributed by atoms with E-state index in [0.29, 0.717) is 14.7 Å². The molecule has 1 N–H and O–H groups in total. The molecular weight excluding hydrogens is 716 g/mol. The molecule has 0 aliphatic rings. The van der Waals surface area contributed by atoms with Crippen molar-refractivity contribution in [1.29, 1.82) is 0 Å². The summed E-state index contributed by atoms with van der Waals surface area (Å²) in [5.41, 5.74) is 5.33. The Morgan fingerprint density at radius 2 is 1.36 bits per heavy atom. The first-order valence-electron chi connectivity index (χ1n) is 14.0. The Morgan fingerprint density at radius 1 is 0.750 bits per heavy atom. The number of ether oxygens (including phenoxy) is 1. The summed E-state index contributed by atoms with van der Waals surface area (Å²) in [6, 6.07) is 38.9. The normalized spacial score (nSPS) is 12.2. The van der Waals surface area contributed by atoms with Gasteiger partial charge in [0.25, 0.3) is 0 Å². The SMILES string of the molecule is O=C(O)[C@@H](Cc1ccccc1)Oc1c(Br)cc(-c2c3ccccc3c(-c3ccccc3)c3sc4cccc(S)c4c23)cc1Br. The zero-order chi connectivity index (χ0) is 30.4. The van der Waals surface area contributed by atoms with Gasteiger partial charge in [0.2, 0.25) is 0 Å². The minimum Gasteiger partial charge on any atom is -0.478 e. The van der Waals surface area contributed by atoms with Gasteiger partial charge in [0.1, 0.15) is 5.75 Å². The topological polar surface area (TPSA) is 46.5 Å². The van der Waals surface area contributed by atoms with Crippen LogP contribution in [0.1, 0.15) is 5.56 Å². The highest BCUT2D eigenvalue weighted by Gasteiger charge is 2.25. The Morgan fingerprint density at radius 3 is 2.02 bits per heavy atom. The van der Waals surface area contributed by atoms with Crippen molar-refractivity contribution in [1.82, 2.24) is 0 Å². The zero-order valence-corrected chi connectivity index (χ0v) is 28.0. The molecule has 0 saturated heterocycles. The summed E-state index contributed by atoms with van der Waals surface area (Å²) in [5.74, 6) is -0.574. The van der Waals surface area contributed by atoms with Gasteiger partial charge in [0.15, 0.2) is 6.10 Å². The average Bonchev–Trinajstić information content (AvgIpc) is 3.41. The number of hydrogen-bond donors (Lipinski definition) is 2. The van der Waals surface area contributed by atoms with Gasteiger partial charge in [-0.15, -0.1) is 24.0 Å². The van der Waals surface area contributed by atoms with E-state index in [1.165, 1.54) is 15.0 Å². The summed E-state index contributed by atoms with van der Waals surface area (Å²) >= 11 is 14.2. The highest BCUT2D eigenvalue weighted by Crippen LogP contribution is 2.52. The smallest absolute Gasteiger partial charge is 0.345 e. The molecule has 0 unspecified atom stereocenters. The number of carboxylic acid groups (broad SMARTS) is 1. The second-order valence-corrected chi connectivity index (χ2v) is 13.8. The van der Waals surface area contributed by atoms with Crippen LogP contribution in [0.25, 0.3) is 53.2 Å². The van der Waals surface area contributed by atoms with Gasteiger partial charge in [-0.1, -0.05) is 91.0 Å². The van der Waals surface area contributed by atoms with E-state index in [2.05, 4.69) is 92.5 Å². The van der Waals surface area contributed by atoms with E-state index in [1.807, 2.05) is 54.6 Å². The maximum Gasteiger partial charge on any atom is 0.345 e. The molecule has 1 aromatic heterocycles. The molecular formula is C37H24Br2O3S2.